The predicted octanol–water partition coefficient (Wildman–Crippen LogP) is 5.87. The molecule has 1 saturated heterocycles. The first kappa shape index (κ1) is 26.7. The second-order valence-corrected chi connectivity index (χ2v) is 11.5. The van der Waals surface area contributed by atoms with Crippen molar-refractivity contribution in [3.63, 3.8) is 0 Å². The molecule has 0 spiro atoms. The highest BCUT2D eigenvalue weighted by molar-refractivity contribution is 5.33. The Labute approximate surface area is 209 Å². The molecule has 5 atom stereocenters. The molecule has 0 aromatic heterocycles. The van der Waals surface area contributed by atoms with Crippen molar-refractivity contribution in [3.8, 4) is 0 Å². The molecule has 3 aliphatic rings. The fourth-order valence-corrected chi connectivity index (χ4v) is 6.51. The number of nitrogens with one attached hydrogen (secondary N) is 2. The highest BCUT2D eigenvalue weighted by atomic mass is 15.3. The Kier molecular flexibility index (Phi) is 8.78. The van der Waals surface area contributed by atoms with E-state index in [-0.39, 0.29) is 18.1 Å². The van der Waals surface area contributed by atoms with E-state index in [0.29, 0.717) is 29.7 Å². The summed E-state index contributed by atoms with van der Waals surface area (Å²) in [6.07, 6.45) is 11.5. The van der Waals surface area contributed by atoms with Crippen molar-refractivity contribution in [2.75, 3.05) is 13.1 Å². The molecule has 3 fully saturated rings. The maximum absolute atomic E-state index is 6.83. The van der Waals surface area contributed by atoms with Gasteiger partial charge in [0.25, 0.3) is 0 Å². The Morgan fingerprint density at radius 3 is 2.44 bits per heavy atom. The third-order valence-corrected chi connectivity index (χ3v) is 8.95. The molecule has 4 nitrogen and oxygen atoms in total. The van der Waals surface area contributed by atoms with Crippen LogP contribution < -0.4 is 16.4 Å². The molecule has 0 radical (unpaired) electrons. The van der Waals surface area contributed by atoms with Crippen LogP contribution >= 0.6 is 0 Å². The maximum Gasteiger partial charge on any atom is 0.0716 e. The van der Waals surface area contributed by atoms with E-state index in [1.807, 2.05) is 6.08 Å². The van der Waals surface area contributed by atoms with Crippen LogP contribution in [-0.2, 0) is 0 Å². The van der Waals surface area contributed by atoms with Crippen LogP contribution in [-0.4, -0.2) is 36.1 Å². The van der Waals surface area contributed by atoms with Gasteiger partial charge in [-0.2, -0.15) is 0 Å². The van der Waals surface area contributed by atoms with E-state index < -0.39 is 0 Å². The van der Waals surface area contributed by atoms with Gasteiger partial charge in [0.15, 0.2) is 0 Å². The van der Waals surface area contributed by atoms with E-state index in [1.54, 1.807) is 0 Å². The van der Waals surface area contributed by atoms with Crippen LogP contribution in [0.25, 0.3) is 0 Å². The lowest BCUT2D eigenvalue weighted by atomic mass is 9.82. The van der Waals surface area contributed by atoms with Gasteiger partial charge in [-0.15, -0.1) is 6.58 Å². The van der Waals surface area contributed by atoms with Gasteiger partial charge in [-0.05, 0) is 48.0 Å². The minimum absolute atomic E-state index is 0.0462. The highest BCUT2D eigenvalue weighted by Gasteiger charge is 2.67. The van der Waals surface area contributed by atoms with Crippen molar-refractivity contribution in [2.24, 2.45) is 28.9 Å². The van der Waals surface area contributed by atoms with Crippen LogP contribution in [0.3, 0.4) is 0 Å². The molecule has 4 N–H and O–H groups in total. The monoisotopic (exact) mass is 466 g/mol. The van der Waals surface area contributed by atoms with Crippen LogP contribution in [0.15, 0.2) is 61.6 Å². The summed E-state index contributed by atoms with van der Waals surface area (Å²) in [5.41, 5.74) is 11.2. The molecule has 0 aromatic rings. The fraction of sp³-hybridized carbons (Fsp3) is 0.667. The summed E-state index contributed by atoms with van der Waals surface area (Å²) < 4.78 is 0. The Hall–Kier alpha value is -1.94. The largest absolute Gasteiger partial charge is 0.382 e. The molecule has 1 heterocycles. The Balaban J connectivity index is 1.75. The molecule has 2 saturated carbocycles. The van der Waals surface area contributed by atoms with E-state index >= 15 is 0 Å². The summed E-state index contributed by atoms with van der Waals surface area (Å²) in [6.45, 7) is 30.3. The highest BCUT2D eigenvalue weighted by Crippen LogP contribution is 2.66. The number of unbranched alkanes of at least 4 members (excludes halogenated alkanes) is 1. The second kappa shape index (κ2) is 11.2. The van der Waals surface area contributed by atoms with Crippen molar-refractivity contribution in [1.29, 1.82) is 0 Å². The lowest BCUT2D eigenvalue weighted by Gasteiger charge is -2.41. The predicted molar refractivity (Wildman–Crippen MR) is 147 cm³/mol. The van der Waals surface area contributed by atoms with Gasteiger partial charge in [0.05, 0.1) is 12.1 Å². The van der Waals surface area contributed by atoms with E-state index in [4.69, 9.17) is 5.73 Å². The zero-order valence-corrected chi connectivity index (χ0v) is 22.2. The van der Waals surface area contributed by atoms with Gasteiger partial charge in [-0.25, -0.2) is 0 Å². The number of likely N-dealkylation sites (tertiary alicyclic amines) is 1. The van der Waals surface area contributed by atoms with Crippen LogP contribution in [0, 0.1) is 23.2 Å². The van der Waals surface area contributed by atoms with Crippen molar-refractivity contribution >= 4 is 0 Å². The zero-order valence-electron chi connectivity index (χ0n) is 22.2. The molecule has 0 bridgehead atoms. The zero-order chi connectivity index (χ0) is 25.0. The lowest BCUT2D eigenvalue weighted by molar-refractivity contribution is 0.211. The number of nitrogens with zero attached hydrogens (tertiary/aromatic N) is 1. The van der Waals surface area contributed by atoms with Gasteiger partial charge in [0.1, 0.15) is 0 Å². The first-order valence-corrected chi connectivity index (χ1v) is 13.5. The summed E-state index contributed by atoms with van der Waals surface area (Å²) in [7, 11) is 0. The normalized spacial score (nSPS) is 27.3. The van der Waals surface area contributed by atoms with Crippen LogP contribution in [0.4, 0.5) is 0 Å². The number of rotatable bonds is 14. The van der Waals surface area contributed by atoms with Gasteiger partial charge in [-0.3, -0.25) is 0 Å². The van der Waals surface area contributed by atoms with Crippen molar-refractivity contribution < 1.29 is 0 Å². The molecule has 0 aromatic carbocycles. The summed E-state index contributed by atoms with van der Waals surface area (Å²) >= 11 is 0. The first-order valence-electron chi connectivity index (χ1n) is 13.5. The van der Waals surface area contributed by atoms with Crippen molar-refractivity contribution in [1.82, 2.24) is 15.5 Å². The lowest BCUT2D eigenvalue weighted by Crippen LogP contribution is -2.48. The maximum atomic E-state index is 6.83. The van der Waals surface area contributed by atoms with Crippen LogP contribution in [0.2, 0.25) is 0 Å². The van der Waals surface area contributed by atoms with Gasteiger partial charge < -0.3 is 21.3 Å². The fourth-order valence-electron chi connectivity index (χ4n) is 6.51. The van der Waals surface area contributed by atoms with Gasteiger partial charge in [-0.1, -0.05) is 85.3 Å². The second-order valence-electron chi connectivity index (χ2n) is 11.5. The summed E-state index contributed by atoms with van der Waals surface area (Å²) in [5.74, 6) is 1.82. The molecule has 2 aliphatic carbocycles. The third kappa shape index (κ3) is 5.48. The van der Waals surface area contributed by atoms with E-state index in [9.17, 15) is 0 Å². The molecule has 0 amide bonds. The SMILES string of the molecule is C=CCNC(=C)C(=C)C(CCCC)NC(=C)C1[C@@H]2[C@H](CN1C(=C)C(N)C1CCCCC1)C2(C)C. The Morgan fingerprint density at radius 2 is 1.82 bits per heavy atom. The minimum Gasteiger partial charge on any atom is -0.382 e. The smallest absolute Gasteiger partial charge is 0.0716 e. The molecular formula is C30H50N4. The number of hydrogen-bond donors (Lipinski definition) is 3. The minimum atomic E-state index is 0.0462. The van der Waals surface area contributed by atoms with Gasteiger partial charge in [0, 0.05) is 36.2 Å². The van der Waals surface area contributed by atoms with E-state index in [2.05, 4.69) is 69.2 Å². The average molecular weight is 467 g/mol. The molecule has 3 unspecified atom stereocenters. The molecule has 3 rings (SSSR count). The van der Waals surface area contributed by atoms with Gasteiger partial charge >= 0.3 is 0 Å². The topological polar surface area (TPSA) is 53.3 Å². The molecular weight excluding hydrogens is 416 g/mol. The molecule has 1 aliphatic heterocycles. The van der Waals surface area contributed by atoms with Crippen molar-refractivity contribution in [3.05, 3.63) is 61.6 Å². The average Bonchev–Trinajstić information content (AvgIpc) is 3.16. The van der Waals surface area contributed by atoms with Crippen molar-refractivity contribution in [2.45, 2.75) is 90.3 Å². The number of hydrogen-bond acceptors (Lipinski definition) is 4. The molecule has 190 valence electrons. The summed E-state index contributed by atoms with van der Waals surface area (Å²) in [5, 5.41) is 7.12. The van der Waals surface area contributed by atoms with E-state index in [1.165, 1.54) is 32.1 Å². The molecule has 34 heavy (non-hydrogen) atoms. The van der Waals surface area contributed by atoms with Crippen LogP contribution in [0.1, 0.15) is 72.1 Å². The Bertz CT molecular complexity index is 788. The summed E-state index contributed by atoms with van der Waals surface area (Å²) in [6, 6.07) is 0.388. The number of fused-ring (bicyclic) bond motifs is 1. The molecule has 4 heteroatoms. The Morgan fingerprint density at radius 1 is 1.15 bits per heavy atom. The van der Waals surface area contributed by atoms with E-state index in [0.717, 1.165) is 48.5 Å². The summed E-state index contributed by atoms with van der Waals surface area (Å²) in [4.78, 5) is 2.50. The quantitative estimate of drug-likeness (QED) is 0.221. The number of piperidine rings is 1. The number of nitrogens with two attached hydrogens (primary N) is 1. The third-order valence-electron chi connectivity index (χ3n) is 8.95. The first-order chi connectivity index (χ1) is 16.1. The van der Waals surface area contributed by atoms with Gasteiger partial charge in [0.2, 0.25) is 0 Å². The standard InChI is InChI=1S/C30H50N4/c1-9-11-17-26(20(3)21(4)32-18-10-2)33-22(5)29-27-25(30(27,7)8)19-34(29)23(6)28(31)24-15-13-12-14-16-24/h10,24-29,32-33H,2-6,9,11-19,31H2,1,7-8H3/t25-,26?,27-,28?,29?/m0/s1. The van der Waals surface area contributed by atoms with Crippen LogP contribution in [0.5, 0.6) is 0 Å².